The van der Waals surface area contributed by atoms with E-state index in [0.29, 0.717) is 10.7 Å². The SMILES string of the molecule is Cc1cccc(-n2cccc2/C=C2/SC(=O)N(CC(=O)Nc3ccccc3Cl)C2=O)c1C. The van der Waals surface area contributed by atoms with Gasteiger partial charge in [0, 0.05) is 17.6 Å². The lowest BCUT2D eigenvalue weighted by atomic mass is 10.1. The van der Waals surface area contributed by atoms with Crippen LogP contribution in [-0.4, -0.2) is 33.1 Å². The topological polar surface area (TPSA) is 71.4 Å². The molecule has 162 valence electrons. The second-order valence-corrected chi connectivity index (χ2v) is 8.72. The lowest BCUT2D eigenvalue weighted by Gasteiger charge is -2.13. The highest BCUT2D eigenvalue weighted by Gasteiger charge is 2.36. The summed E-state index contributed by atoms with van der Waals surface area (Å²) in [4.78, 5) is 38.9. The molecule has 0 spiro atoms. The molecule has 1 N–H and O–H groups in total. The van der Waals surface area contributed by atoms with Gasteiger partial charge in [-0.05, 0) is 73.1 Å². The first kappa shape index (κ1) is 21.9. The monoisotopic (exact) mass is 465 g/mol. The smallest absolute Gasteiger partial charge is 0.294 e. The first-order valence-electron chi connectivity index (χ1n) is 9.89. The molecule has 6 nitrogen and oxygen atoms in total. The van der Waals surface area contributed by atoms with E-state index in [2.05, 4.69) is 5.32 Å². The Morgan fingerprint density at radius 3 is 2.62 bits per heavy atom. The molecule has 0 atom stereocenters. The van der Waals surface area contributed by atoms with E-state index in [9.17, 15) is 14.4 Å². The number of hydrogen-bond acceptors (Lipinski definition) is 4. The third-order valence-corrected chi connectivity index (χ3v) is 6.46. The second-order valence-electron chi connectivity index (χ2n) is 7.32. The van der Waals surface area contributed by atoms with Gasteiger partial charge in [0.15, 0.2) is 0 Å². The molecule has 4 rings (SSSR count). The number of imide groups is 1. The number of nitrogens with zero attached hydrogens (tertiary/aromatic N) is 2. The number of halogens is 1. The Labute approximate surface area is 194 Å². The minimum absolute atomic E-state index is 0.269. The van der Waals surface area contributed by atoms with E-state index < -0.39 is 17.1 Å². The average Bonchev–Trinajstić information content (AvgIpc) is 3.32. The zero-order valence-corrected chi connectivity index (χ0v) is 19.0. The predicted octanol–water partition coefficient (Wildman–Crippen LogP) is 5.42. The van der Waals surface area contributed by atoms with Gasteiger partial charge in [-0.2, -0.15) is 0 Å². The number of benzene rings is 2. The number of aryl methyl sites for hydroxylation is 1. The van der Waals surface area contributed by atoms with Gasteiger partial charge in [0.05, 0.1) is 15.6 Å². The maximum absolute atomic E-state index is 12.9. The minimum atomic E-state index is -0.500. The molecule has 0 bridgehead atoms. The standard InChI is InChI=1S/C24H20ClN3O3S/c1-15-7-5-11-20(16(15)2)27-12-6-8-17(27)13-21-23(30)28(24(31)32-21)14-22(29)26-19-10-4-3-9-18(19)25/h3-13H,14H2,1-2H3,(H,26,29)/b21-13+. The normalized spacial score (nSPS) is 15.0. The summed E-state index contributed by atoms with van der Waals surface area (Å²) in [5.41, 5.74) is 4.48. The Bertz CT molecular complexity index is 1260. The Hall–Kier alpha value is -3.29. The van der Waals surface area contributed by atoms with E-state index in [1.165, 1.54) is 0 Å². The van der Waals surface area contributed by atoms with Crippen LogP contribution < -0.4 is 5.32 Å². The van der Waals surface area contributed by atoms with Gasteiger partial charge in [0.2, 0.25) is 5.91 Å². The number of hydrogen-bond donors (Lipinski definition) is 1. The number of aromatic nitrogens is 1. The van der Waals surface area contributed by atoms with Crippen LogP contribution in [0.3, 0.4) is 0 Å². The molecule has 1 aliphatic heterocycles. The molecule has 2 heterocycles. The molecule has 2 aromatic carbocycles. The van der Waals surface area contributed by atoms with Gasteiger partial charge in [-0.25, -0.2) is 0 Å². The molecule has 1 fully saturated rings. The van der Waals surface area contributed by atoms with E-state index in [1.807, 2.05) is 54.9 Å². The Balaban J connectivity index is 1.54. The number of nitrogens with one attached hydrogen (secondary N) is 1. The molecule has 0 saturated carbocycles. The van der Waals surface area contributed by atoms with Gasteiger partial charge in [0.1, 0.15) is 6.54 Å². The summed E-state index contributed by atoms with van der Waals surface area (Å²) in [7, 11) is 0. The van der Waals surface area contributed by atoms with Crippen molar-refractivity contribution < 1.29 is 14.4 Å². The zero-order valence-electron chi connectivity index (χ0n) is 17.5. The van der Waals surface area contributed by atoms with Gasteiger partial charge in [-0.1, -0.05) is 35.9 Å². The average molecular weight is 466 g/mol. The number of thioether (sulfide) groups is 1. The highest BCUT2D eigenvalue weighted by Crippen LogP contribution is 2.33. The van der Waals surface area contributed by atoms with Crippen molar-refractivity contribution in [1.29, 1.82) is 0 Å². The second kappa shape index (κ2) is 9.06. The van der Waals surface area contributed by atoms with Gasteiger partial charge in [0.25, 0.3) is 11.1 Å². The number of carbonyl (C=O) groups is 3. The summed E-state index contributed by atoms with van der Waals surface area (Å²) in [6, 6.07) is 16.6. The number of carbonyl (C=O) groups excluding carboxylic acids is 3. The number of para-hydroxylation sites is 1. The molecule has 0 unspecified atom stereocenters. The van der Waals surface area contributed by atoms with Crippen LogP contribution >= 0.6 is 23.4 Å². The van der Waals surface area contributed by atoms with Crippen molar-refractivity contribution in [2.45, 2.75) is 13.8 Å². The summed E-state index contributed by atoms with van der Waals surface area (Å²) >= 11 is 6.88. The van der Waals surface area contributed by atoms with Crippen molar-refractivity contribution in [2.75, 3.05) is 11.9 Å². The maximum Gasteiger partial charge on any atom is 0.294 e. The first-order valence-corrected chi connectivity index (χ1v) is 11.1. The molecule has 3 aromatic rings. The van der Waals surface area contributed by atoms with Crippen molar-refractivity contribution in [2.24, 2.45) is 0 Å². The van der Waals surface area contributed by atoms with Crippen molar-refractivity contribution in [3.8, 4) is 5.69 Å². The molecule has 1 aromatic heterocycles. The van der Waals surface area contributed by atoms with Crippen LogP contribution in [0.15, 0.2) is 65.7 Å². The fraction of sp³-hybridized carbons (Fsp3) is 0.125. The fourth-order valence-corrected chi connectivity index (χ4v) is 4.40. The highest BCUT2D eigenvalue weighted by molar-refractivity contribution is 8.18. The third-order valence-electron chi connectivity index (χ3n) is 5.22. The Kier molecular flexibility index (Phi) is 6.21. The lowest BCUT2D eigenvalue weighted by molar-refractivity contribution is -0.127. The van der Waals surface area contributed by atoms with Gasteiger partial charge in [-0.3, -0.25) is 19.3 Å². The van der Waals surface area contributed by atoms with Crippen molar-refractivity contribution in [3.05, 3.63) is 87.5 Å². The molecule has 32 heavy (non-hydrogen) atoms. The molecule has 1 aliphatic rings. The number of amides is 3. The maximum atomic E-state index is 12.9. The summed E-state index contributed by atoms with van der Waals surface area (Å²) in [6.45, 7) is 3.70. The van der Waals surface area contributed by atoms with Gasteiger partial charge < -0.3 is 9.88 Å². The molecule has 8 heteroatoms. The quantitative estimate of drug-likeness (QED) is 0.510. The van der Waals surface area contributed by atoms with Crippen molar-refractivity contribution >= 4 is 52.2 Å². The van der Waals surface area contributed by atoms with Gasteiger partial charge >= 0.3 is 0 Å². The summed E-state index contributed by atoms with van der Waals surface area (Å²) < 4.78 is 1.97. The molecule has 0 radical (unpaired) electrons. The minimum Gasteiger partial charge on any atom is -0.323 e. The Morgan fingerprint density at radius 2 is 1.84 bits per heavy atom. The molecule has 3 amide bonds. The van der Waals surface area contributed by atoms with E-state index in [0.717, 1.165) is 39.2 Å². The highest BCUT2D eigenvalue weighted by atomic mass is 35.5. The predicted molar refractivity (Wildman–Crippen MR) is 128 cm³/mol. The van der Waals surface area contributed by atoms with Crippen LogP contribution in [0.4, 0.5) is 10.5 Å². The Morgan fingerprint density at radius 1 is 1.06 bits per heavy atom. The van der Waals surface area contributed by atoms with Crippen LogP contribution in [0.1, 0.15) is 16.8 Å². The summed E-state index contributed by atoms with van der Waals surface area (Å²) in [6.07, 6.45) is 3.59. The largest absolute Gasteiger partial charge is 0.323 e. The molecule has 0 aliphatic carbocycles. The van der Waals surface area contributed by atoms with Crippen LogP contribution in [0.2, 0.25) is 5.02 Å². The number of rotatable bonds is 5. The lowest BCUT2D eigenvalue weighted by Crippen LogP contribution is -2.36. The van der Waals surface area contributed by atoms with E-state index >= 15 is 0 Å². The molecular formula is C24H20ClN3O3S. The van der Waals surface area contributed by atoms with Crippen LogP contribution in [0.25, 0.3) is 11.8 Å². The van der Waals surface area contributed by atoms with E-state index in [-0.39, 0.29) is 11.4 Å². The van der Waals surface area contributed by atoms with E-state index in [4.69, 9.17) is 11.6 Å². The molecular weight excluding hydrogens is 446 g/mol. The van der Waals surface area contributed by atoms with E-state index in [1.54, 1.807) is 30.3 Å². The van der Waals surface area contributed by atoms with Crippen LogP contribution in [0.5, 0.6) is 0 Å². The zero-order chi connectivity index (χ0) is 22.8. The fourth-order valence-electron chi connectivity index (χ4n) is 3.39. The number of anilines is 1. The van der Waals surface area contributed by atoms with Crippen molar-refractivity contribution in [1.82, 2.24) is 9.47 Å². The van der Waals surface area contributed by atoms with Gasteiger partial charge in [-0.15, -0.1) is 0 Å². The summed E-state index contributed by atoms with van der Waals surface area (Å²) in [5.74, 6) is -0.997. The van der Waals surface area contributed by atoms with Crippen LogP contribution in [-0.2, 0) is 9.59 Å². The molecule has 1 saturated heterocycles. The first-order chi connectivity index (χ1) is 15.3. The van der Waals surface area contributed by atoms with Crippen LogP contribution in [0, 0.1) is 13.8 Å². The summed E-state index contributed by atoms with van der Waals surface area (Å²) in [5, 5.41) is 2.52. The van der Waals surface area contributed by atoms with Crippen molar-refractivity contribution in [3.63, 3.8) is 0 Å². The third kappa shape index (κ3) is 4.35.